The predicted octanol–water partition coefficient (Wildman–Crippen LogP) is 14.7. The van der Waals surface area contributed by atoms with Crippen molar-refractivity contribution in [1.82, 2.24) is 0 Å². The summed E-state index contributed by atoms with van der Waals surface area (Å²) in [7, 11) is 0. The van der Waals surface area contributed by atoms with Gasteiger partial charge in [-0.25, -0.2) is 0 Å². The Hall–Kier alpha value is -9.60. The molecule has 0 N–H and O–H groups in total. The minimum absolute atomic E-state index is 0.0375. The van der Waals surface area contributed by atoms with Crippen LogP contribution < -0.4 is 0 Å². The first kappa shape index (κ1) is 43.0. The summed E-state index contributed by atoms with van der Waals surface area (Å²) in [5.41, 5.74) is 16.5. The second-order valence-corrected chi connectivity index (χ2v) is 17.1. The van der Waals surface area contributed by atoms with Crippen LogP contribution in [0.4, 0.5) is 0 Å². The molecule has 0 unspecified atom stereocenters. The second-order valence-electron chi connectivity index (χ2n) is 17.1. The van der Waals surface area contributed by atoms with Crippen molar-refractivity contribution in [1.29, 1.82) is 0 Å². The molecular formula is C68H42O2. The van der Waals surface area contributed by atoms with E-state index in [1.165, 1.54) is 0 Å². The van der Waals surface area contributed by atoms with Gasteiger partial charge in [0, 0.05) is 66.8 Å². The Morgan fingerprint density at radius 1 is 0.171 bits per heavy atom. The Bertz CT molecular complexity index is 3440. The Morgan fingerprint density at radius 2 is 0.343 bits per heavy atom. The van der Waals surface area contributed by atoms with Gasteiger partial charge in [0.25, 0.3) is 0 Å². The minimum Gasteiger partial charge on any atom is -0.289 e. The fourth-order valence-corrected chi connectivity index (χ4v) is 9.46. The Morgan fingerprint density at radius 3 is 0.571 bits per heavy atom. The van der Waals surface area contributed by atoms with E-state index in [2.05, 4.69) is 72.2 Å². The van der Waals surface area contributed by atoms with Crippen molar-refractivity contribution >= 4 is 56.2 Å². The van der Waals surface area contributed by atoms with Crippen molar-refractivity contribution in [2.45, 2.75) is 0 Å². The summed E-state index contributed by atoms with van der Waals surface area (Å²) in [6.07, 6.45) is 0. The van der Waals surface area contributed by atoms with E-state index in [1.54, 1.807) is 0 Å². The molecule has 70 heavy (non-hydrogen) atoms. The third-order valence-corrected chi connectivity index (χ3v) is 12.7. The maximum atomic E-state index is 15.2. The zero-order valence-corrected chi connectivity index (χ0v) is 38.1. The fraction of sp³-hybridized carbons (Fsp3) is 0. The van der Waals surface area contributed by atoms with Crippen LogP contribution in [-0.2, 0) is 9.59 Å². The van der Waals surface area contributed by atoms with Gasteiger partial charge in [0.15, 0.2) is 11.6 Å². The highest BCUT2D eigenvalue weighted by Crippen LogP contribution is 2.52. The largest absolute Gasteiger partial charge is 0.289 e. The molecule has 0 spiro atoms. The monoisotopic (exact) mass is 890 g/mol. The molecule has 0 aromatic heterocycles. The van der Waals surface area contributed by atoms with E-state index in [0.29, 0.717) is 22.3 Å². The molecule has 2 nitrogen and oxygen atoms in total. The average Bonchev–Trinajstić information content (AvgIpc) is 3.92. The molecule has 0 heterocycles. The topological polar surface area (TPSA) is 34.1 Å². The molecule has 0 aliphatic heterocycles. The number of Topliss-reactive ketones (excluding diaryl/α,β-unsaturated/α-hetero) is 2. The molecule has 0 bridgehead atoms. The summed E-state index contributed by atoms with van der Waals surface area (Å²) < 4.78 is 0. The number of carbonyl (C=O) groups is 2. The molecule has 0 saturated heterocycles. The molecule has 9 aromatic rings. The van der Waals surface area contributed by atoms with Crippen LogP contribution in [0.2, 0.25) is 0 Å². The molecule has 0 fully saturated rings. The molecular weight excluding hydrogens is 849 g/mol. The van der Waals surface area contributed by atoms with Gasteiger partial charge in [0.2, 0.25) is 0 Å². The smallest absolute Gasteiger partial charge is 0.195 e. The number of allylic oxidation sites excluding steroid dienone is 8. The number of benzene rings is 9. The molecule has 0 atom stereocenters. The SMILES string of the molecule is O=C1C(c2ccccc2)=C(c2ccc(C#Cc3ccccc3)cc2)C(c2ccc(C3=C(c4ccccc4)C(=O)C(c4ccccc4)=C3c3ccc(C#Cc4ccccc4)cc3)cc2)=C1c1ccccc1. The number of hydrogen-bond donors (Lipinski definition) is 0. The van der Waals surface area contributed by atoms with Crippen molar-refractivity contribution < 1.29 is 9.59 Å². The van der Waals surface area contributed by atoms with Gasteiger partial charge in [-0.3, -0.25) is 9.59 Å². The number of ketones is 2. The first-order valence-corrected chi connectivity index (χ1v) is 23.3. The predicted molar refractivity (Wildman–Crippen MR) is 287 cm³/mol. The van der Waals surface area contributed by atoms with E-state index in [4.69, 9.17) is 0 Å². The molecule has 326 valence electrons. The summed E-state index contributed by atoms with van der Waals surface area (Å²) in [5, 5.41) is 0. The van der Waals surface area contributed by atoms with Crippen molar-refractivity contribution in [2.75, 3.05) is 0 Å². The van der Waals surface area contributed by atoms with Crippen molar-refractivity contribution in [3.63, 3.8) is 0 Å². The van der Waals surface area contributed by atoms with E-state index in [-0.39, 0.29) is 11.6 Å². The lowest BCUT2D eigenvalue weighted by Crippen LogP contribution is -2.02. The Labute approximate surface area is 409 Å². The third kappa shape index (κ3) is 8.51. The van der Waals surface area contributed by atoms with Gasteiger partial charge < -0.3 is 0 Å². The summed E-state index contributed by atoms with van der Waals surface area (Å²) in [6.45, 7) is 0. The Kier molecular flexibility index (Phi) is 11.9. The van der Waals surface area contributed by atoms with Gasteiger partial charge in [-0.1, -0.05) is 230 Å². The van der Waals surface area contributed by atoms with E-state index in [0.717, 1.165) is 89.1 Å². The highest BCUT2D eigenvalue weighted by atomic mass is 16.1. The minimum atomic E-state index is -0.0375. The summed E-state index contributed by atoms with van der Waals surface area (Å²) in [6, 6.07) is 84.6. The average molecular weight is 891 g/mol. The maximum Gasteiger partial charge on any atom is 0.195 e. The summed E-state index contributed by atoms with van der Waals surface area (Å²) >= 11 is 0. The first-order valence-electron chi connectivity index (χ1n) is 23.3. The second kappa shape index (κ2) is 19.3. The molecule has 0 radical (unpaired) electrons. The Balaban J connectivity index is 1.08. The standard InChI is InChI=1S/C68H42O2/c69-67-63(51-23-11-3-12-24-51)59(55-39-35-49(36-40-55)33-31-47-19-7-1-8-20-47)61(65(67)53-27-15-5-16-28-53)57-43-45-58(46-44-57)62-60(56-41-37-50(38-42-56)34-32-48-21-9-2-10-22-48)64(52-25-13-4-14-26-52)68(70)66(62)54-29-17-6-18-30-54/h1-30,35-46H. The molecule has 11 rings (SSSR count). The van der Waals surface area contributed by atoms with Crippen LogP contribution in [-0.4, -0.2) is 11.6 Å². The fourth-order valence-electron chi connectivity index (χ4n) is 9.46. The van der Waals surface area contributed by atoms with Crippen molar-refractivity contribution in [3.05, 3.63) is 322 Å². The van der Waals surface area contributed by atoms with Crippen molar-refractivity contribution in [3.8, 4) is 23.7 Å². The summed E-state index contributed by atoms with van der Waals surface area (Å²) in [4.78, 5) is 30.4. The van der Waals surface area contributed by atoms with Crippen LogP contribution >= 0.6 is 0 Å². The lowest BCUT2D eigenvalue weighted by molar-refractivity contribution is -0.109. The molecule has 2 aliphatic rings. The van der Waals surface area contributed by atoms with Gasteiger partial charge in [0.05, 0.1) is 0 Å². The van der Waals surface area contributed by atoms with Crippen molar-refractivity contribution in [2.24, 2.45) is 0 Å². The van der Waals surface area contributed by atoms with Crippen LogP contribution in [0.15, 0.2) is 255 Å². The van der Waals surface area contributed by atoms with E-state index < -0.39 is 0 Å². The highest BCUT2D eigenvalue weighted by molar-refractivity contribution is 6.60. The van der Waals surface area contributed by atoms with Gasteiger partial charge in [-0.15, -0.1) is 0 Å². The number of rotatable bonds is 8. The van der Waals surface area contributed by atoms with Gasteiger partial charge in [-0.2, -0.15) is 0 Å². The number of carbonyl (C=O) groups excluding carboxylic acids is 2. The third-order valence-electron chi connectivity index (χ3n) is 12.7. The molecule has 2 aliphatic carbocycles. The molecule has 0 amide bonds. The summed E-state index contributed by atoms with van der Waals surface area (Å²) in [5.74, 6) is 13.1. The maximum absolute atomic E-state index is 15.2. The lowest BCUT2D eigenvalue weighted by atomic mass is 9.86. The van der Waals surface area contributed by atoms with E-state index in [1.807, 2.05) is 206 Å². The molecule has 0 saturated carbocycles. The quantitative estimate of drug-likeness (QED) is 0.142. The van der Waals surface area contributed by atoms with E-state index >= 15 is 9.59 Å². The first-order chi connectivity index (χ1) is 34.6. The van der Waals surface area contributed by atoms with Gasteiger partial charge in [0.1, 0.15) is 0 Å². The molecule has 9 aromatic carbocycles. The molecule has 2 heteroatoms. The zero-order chi connectivity index (χ0) is 47.2. The number of hydrogen-bond acceptors (Lipinski definition) is 2. The van der Waals surface area contributed by atoms with Crippen LogP contribution in [0.1, 0.15) is 66.8 Å². The normalized spacial score (nSPS) is 13.3. The van der Waals surface area contributed by atoms with Gasteiger partial charge >= 0.3 is 0 Å². The lowest BCUT2D eigenvalue weighted by Gasteiger charge is -2.17. The van der Waals surface area contributed by atoms with Crippen LogP contribution in [0.25, 0.3) is 44.6 Å². The van der Waals surface area contributed by atoms with E-state index in [9.17, 15) is 0 Å². The van der Waals surface area contributed by atoms with Gasteiger partial charge in [-0.05, 0) is 93.0 Å². The van der Waals surface area contributed by atoms with Crippen LogP contribution in [0.5, 0.6) is 0 Å². The van der Waals surface area contributed by atoms with Crippen LogP contribution in [0, 0.1) is 23.7 Å². The van der Waals surface area contributed by atoms with Crippen LogP contribution in [0.3, 0.4) is 0 Å². The highest BCUT2D eigenvalue weighted by Gasteiger charge is 2.37. The zero-order valence-electron chi connectivity index (χ0n) is 38.1.